The summed E-state index contributed by atoms with van der Waals surface area (Å²) in [5.41, 5.74) is 6.71. The Kier molecular flexibility index (Phi) is 4.96. The van der Waals surface area contributed by atoms with Gasteiger partial charge in [-0.3, -0.25) is 9.78 Å². The molecule has 16 heavy (non-hydrogen) atoms. The van der Waals surface area contributed by atoms with Crippen LogP contribution >= 0.6 is 0 Å². The second-order valence-electron chi connectivity index (χ2n) is 4.20. The Morgan fingerprint density at radius 1 is 1.50 bits per heavy atom. The maximum Gasteiger partial charge on any atom is 0.267 e. The smallest absolute Gasteiger partial charge is 0.267 e. The van der Waals surface area contributed by atoms with Crippen molar-refractivity contribution in [3.05, 3.63) is 29.6 Å². The van der Waals surface area contributed by atoms with Crippen LogP contribution < -0.4 is 5.73 Å². The third-order valence-electron chi connectivity index (χ3n) is 2.84. The molecule has 0 aliphatic rings. The van der Waals surface area contributed by atoms with Gasteiger partial charge in [-0.2, -0.15) is 0 Å². The molecule has 1 heterocycles. The predicted molar refractivity (Wildman–Crippen MR) is 65.3 cm³/mol. The molecular formula is C13H20N2O. The van der Waals surface area contributed by atoms with Gasteiger partial charge in [0.25, 0.3) is 5.91 Å². The quantitative estimate of drug-likeness (QED) is 0.749. The van der Waals surface area contributed by atoms with E-state index in [2.05, 4.69) is 18.8 Å². The summed E-state index contributed by atoms with van der Waals surface area (Å²) in [6.45, 7) is 4.31. The van der Waals surface area contributed by atoms with Crippen LogP contribution in [0.25, 0.3) is 0 Å². The van der Waals surface area contributed by atoms with Crippen LogP contribution in [-0.2, 0) is 0 Å². The first kappa shape index (κ1) is 12.7. The topological polar surface area (TPSA) is 56.0 Å². The van der Waals surface area contributed by atoms with E-state index in [1.807, 2.05) is 12.1 Å². The van der Waals surface area contributed by atoms with Crippen molar-refractivity contribution >= 4 is 5.91 Å². The van der Waals surface area contributed by atoms with E-state index in [9.17, 15) is 4.79 Å². The van der Waals surface area contributed by atoms with Crippen LogP contribution in [-0.4, -0.2) is 10.9 Å². The molecule has 0 aromatic carbocycles. The first-order chi connectivity index (χ1) is 7.66. The standard InChI is InChI=1S/C13H20N2O/c1-3-4-5-7-10(2)11-8-6-9-15-12(11)13(14)16/h6,8-10H,3-5,7H2,1-2H3,(H2,14,16). The summed E-state index contributed by atoms with van der Waals surface area (Å²) in [4.78, 5) is 15.3. The number of unbranched alkanes of at least 4 members (excludes halogenated alkanes) is 2. The van der Waals surface area contributed by atoms with Crippen LogP contribution in [0.15, 0.2) is 18.3 Å². The fourth-order valence-electron chi connectivity index (χ4n) is 1.88. The van der Waals surface area contributed by atoms with Crippen LogP contribution in [0.3, 0.4) is 0 Å². The van der Waals surface area contributed by atoms with E-state index in [-0.39, 0.29) is 0 Å². The number of hydrogen-bond donors (Lipinski definition) is 1. The van der Waals surface area contributed by atoms with Crippen LogP contribution in [0.4, 0.5) is 0 Å². The third kappa shape index (κ3) is 3.33. The van der Waals surface area contributed by atoms with Gasteiger partial charge in [0.2, 0.25) is 0 Å². The number of pyridine rings is 1. The minimum absolute atomic E-state index is 0.350. The number of hydrogen-bond acceptors (Lipinski definition) is 2. The lowest BCUT2D eigenvalue weighted by atomic mass is 9.93. The first-order valence-electron chi connectivity index (χ1n) is 5.91. The van der Waals surface area contributed by atoms with Gasteiger partial charge in [-0.1, -0.05) is 39.2 Å². The average Bonchev–Trinajstić information content (AvgIpc) is 2.29. The minimum atomic E-state index is -0.432. The monoisotopic (exact) mass is 220 g/mol. The lowest BCUT2D eigenvalue weighted by Crippen LogP contribution is -2.16. The number of nitrogens with two attached hydrogens (primary N) is 1. The highest BCUT2D eigenvalue weighted by Gasteiger charge is 2.14. The first-order valence-corrected chi connectivity index (χ1v) is 5.91. The molecule has 0 aliphatic heterocycles. The van der Waals surface area contributed by atoms with E-state index in [0.29, 0.717) is 11.6 Å². The molecule has 0 saturated heterocycles. The van der Waals surface area contributed by atoms with Gasteiger partial charge in [-0.05, 0) is 24.0 Å². The van der Waals surface area contributed by atoms with E-state index in [4.69, 9.17) is 5.73 Å². The summed E-state index contributed by atoms with van der Waals surface area (Å²) in [7, 11) is 0. The van der Waals surface area contributed by atoms with Crippen LogP contribution in [0.5, 0.6) is 0 Å². The van der Waals surface area contributed by atoms with Crippen molar-refractivity contribution in [2.24, 2.45) is 5.73 Å². The zero-order chi connectivity index (χ0) is 12.0. The molecular weight excluding hydrogens is 200 g/mol. The molecule has 3 heteroatoms. The Bertz CT molecular complexity index is 350. The summed E-state index contributed by atoms with van der Waals surface area (Å²) >= 11 is 0. The van der Waals surface area contributed by atoms with Crippen molar-refractivity contribution in [2.75, 3.05) is 0 Å². The Balaban J connectivity index is 2.74. The van der Waals surface area contributed by atoms with Crippen molar-refractivity contribution in [2.45, 2.75) is 45.4 Å². The molecule has 1 aromatic rings. The van der Waals surface area contributed by atoms with Gasteiger partial charge in [0.05, 0.1) is 0 Å². The third-order valence-corrected chi connectivity index (χ3v) is 2.84. The van der Waals surface area contributed by atoms with Gasteiger partial charge in [-0.25, -0.2) is 0 Å². The number of amides is 1. The zero-order valence-electron chi connectivity index (χ0n) is 10.1. The Morgan fingerprint density at radius 3 is 2.88 bits per heavy atom. The van der Waals surface area contributed by atoms with E-state index < -0.39 is 5.91 Å². The number of carbonyl (C=O) groups is 1. The summed E-state index contributed by atoms with van der Waals surface area (Å²) in [5.74, 6) is -0.0827. The molecule has 1 amide bonds. The van der Waals surface area contributed by atoms with E-state index in [1.165, 1.54) is 19.3 Å². The molecule has 1 rings (SSSR count). The molecule has 1 aromatic heterocycles. The summed E-state index contributed by atoms with van der Waals surface area (Å²) < 4.78 is 0. The molecule has 2 N–H and O–H groups in total. The number of aromatic nitrogens is 1. The number of carbonyl (C=O) groups excluding carboxylic acids is 1. The van der Waals surface area contributed by atoms with E-state index >= 15 is 0 Å². The highest BCUT2D eigenvalue weighted by molar-refractivity contribution is 5.92. The van der Waals surface area contributed by atoms with Crippen molar-refractivity contribution in [1.82, 2.24) is 4.98 Å². The van der Waals surface area contributed by atoms with Crippen molar-refractivity contribution < 1.29 is 4.79 Å². The van der Waals surface area contributed by atoms with Crippen molar-refractivity contribution in [3.8, 4) is 0 Å². The number of primary amides is 1. The van der Waals surface area contributed by atoms with E-state index in [0.717, 1.165) is 12.0 Å². The average molecular weight is 220 g/mol. The Hall–Kier alpha value is -1.38. The molecule has 1 unspecified atom stereocenters. The van der Waals surface area contributed by atoms with E-state index in [1.54, 1.807) is 6.20 Å². The Labute approximate surface area is 97.1 Å². The van der Waals surface area contributed by atoms with Gasteiger partial charge in [0.15, 0.2) is 0 Å². The second kappa shape index (κ2) is 6.26. The van der Waals surface area contributed by atoms with Crippen LogP contribution in [0.1, 0.15) is 61.5 Å². The maximum absolute atomic E-state index is 11.2. The highest BCUT2D eigenvalue weighted by Crippen LogP contribution is 2.23. The number of rotatable bonds is 6. The summed E-state index contributed by atoms with van der Waals surface area (Å²) in [5, 5.41) is 0. The second-order valence-corrected chi connectivity index (χ2v) is 4.20. The molecule has 0 saturated carbocycles. The van der Waals surface area contributed by atoms with Crippen LogP contribution in [0.2, 0.25) is 0 Å². The van der Waals surface area contributed by atoms with Crippen molar-refractivity contribution in [3.63, 3.8) is 0 Å². The van der Waals surface area contributed by atoms with Gasteiger partial charge in [-0.15, -0.1) is 0 Å². The van der Waals surface area contributed by atoms with Crippen molar-refractivity contribution in [1.29, 1.82) is 0 Å². The largest absolute Gasteiger partial charge is 0.364 e. The minimum Gasteiger partial charge on any atom is -0.364 e. The number of nitrogens with zero attached hydrogens (tertiary/aromatic N) is 1. The lowest BCUT2D eigenvalue weighted by Gasteiger charge is -2.13. The molecule has 0 spiro atoms. The summed E-state index contributed by atoms with van der Waals surface area (Å²) in [6, 6.07) is 3.81. The van der Waals surface area contributed by atoms with Gasteiger partial charge in [0.1, 0.15) is 5.69 Å². The Morgan fingerprint density at radius 2 is 2.25 bits per heavy atom. The lowest BCUT2D eigenvalue weighted by molar-refractivity contribution is 0.0994. The fraction of sp³-hybridized carbons (Fsp3) is 0.538. The van der Waals surface area contributed by atoms with Crippen LogP contribution in [0, 0.1) is 0 Å². The SMILES string of the molecule is CCCCCC(C)c1cccnc1C(N)=O. The molecule has 0 bridgehead atoms. The summed E-state index contributed by atoms with van der Waals surface area (Å²) in [6.07, 6.45) is 6.33. The normalized spacial score (nSPS) is 12.4. The molecule has 1 atom stereocenters. The van der Waals surface area contributed by atoms with Gasteiger partial charge < -0.3 is 5.73 Å². The molecule has 0 fully saturated rings. The predicted octanol–water partition coefficient (Wildman–Crippen LogP) is 2.86. The fourth-order valence-corrected chi connectivity index (χ4v) is 1.88. The molecule has 3 nitrogen and oxygen atoms in total. The molecule has 0 radical (unpaired) electrons. The molecule has 88 valence electrons. The van der Waals surface area contributed by atoms with Gasteiger partial charge in [0, 0.05) is 6.20 Å². The zero-order valence-corrected chi connectivity index (χ0v) is 10.1. The maximum atomic E-state index is 11.2. The highest BCUT2D eigenvalue weighted by atomic mass is 16.1. The van der Waals surface area contributed by atoms with Gasteiger partial charge >= 0.3 is 0 Å². The molecule has 0 aliphatic carbocycles.